The van der Waals surface area contributed by atoms with Gasteiger partial charge in [0.1, 0.15) is 11.3 Å². The molecule has 0 saturated carbocycles. The number of fused-ring (bicyclic) bond motifs is 1. The van der Waals surface area contributed by atoms with Gasteiger partial charge in [-0.15, -0.1) is 11.3 Å². The molecule has 3 heterocycles. The molecule has 4 aromatic rings. The zero-order chi connectivity index (χ0) is 21.5. The number of rotatable bonds is 5. The van der Waals surface area contributed by atoms with Crippen molar-refractivity contribution in [3.63, 3.8) is 0 Å². The maximum Gasteiger partial charge on any atom is 0.434 e. The van der Waals surface area contributed by atoms with E-state index in [1.54, 1.807) is 17.6 Å². The maximum absolute atomic E-state index is 13.1. The van der Waals surface area contributed by atoms with Gasteiger partial charge in [0.25, 0.3) is 0 Å². The molecule has 0 spiro atoms. The summed E-state index contributed by atoms with van der Waals surface area (Å²) in [6.45, 7) is 4.07. The van der Waals surface area contributed by atoms with E-state index in [1.807, 2.05) is 26.0 Å². The van der Waals surface area contributed by atoms with Crippen molar-refractivity contribution in [3.05, 3.63) is 52.5 Å². The highest BCUT2D eigenvalue weighted by molar-refractivity contribution is 7.16. The number of anilines is 1. The molecule has 156 valence electrons. The molecule has 30 heavy (non-hydrogen) atoms. The lowest BCUT2D eigenvalue weighted by atomic mass is 10.1. The lowest BCUT2D eigenvalue weighted by Crippen LogP contribution is -2.05. The topological polar surface area (TPSA) is 68.5 Å². The molecule has 0 aliphatic carbocycles. The summed E-state index contributed by atoms with van der Waals surface area (Å²) in [6, 6.07) is 7.01. The van der Waals surface area contributed by atoms with E-state index in [9.17, 15) is 13.2 Å². The van der Waals surface area contributed by atoms with Gasteiger partial charge < -0.3 is 9.88 Å². The minimum absolute atomic E-state index is 0.130. The molecule has 0 saturated heterocycles. The van der Waals surface area contributed by atoms with Gasteiger partial charge in [0.15, 0.2) is 16.3 Å². The van der Waals surface area contributed by atoms with E-state index in [-0.39, 0.29) is 17.1 Å². The summed E-state index contributed by atoms with van der Waals surface area (Å²) in [5, 5.41) is 3.31. The van der Waals surface area contributed by atoms with Gasteiger partial charge in [-0.05, 0) is 31.0 Å². The number of aromatic nitrogens is 5. The van der Waals surface area contributed by atoms with Crippen molar-refractivity contribution in [1.82, 2.24) is 24.5 Å². The highest BCUT2D eigenvalue weighted by atomic mass is 35.5. The summed E-state index contributed by atoms with van der Waals surface area (Å²) in [7, 11) is 0. The minimum atomic E-state index is -4.49. The average molecular weight is 453 g/mol. The predicted molar refractivity (Wildman–Crippen MR) is 111 cm³/mol. The number of benzene rings is 1. The monoisotopic (exact) mass is 452 g/mol. The first-order valence-corrected chi connectivity index (χ1v) is 10.2. The molecule has 0 bridgehead atoms. The molecule has 0 atom stereocenters. The van der Waals surface area contributed by atoms with Crippen molar-refractivity contribution in [2.75, 3.05) is 5.32 Å². The van der Waals surface area contributed by atoms with Crippen LogP contribution in [-0.2, 0) is 12.7 Å². The van der Waals surface area contributed by atoms with Crippen LogP contribution in [-0.4, -0.2) is 24.5 Å². The van der Waals surface area contributed by atoms with Crippen LogP contribution in [0.2, 0.25) is 5.28 Å². The zero-order valence-electron chi connectivity index (χ0n) is 15.9. The van der Waals surface area contributed by atoms with Gasteiger partial charge >= 0.3 is 6.18 Å². The number of halogens is 4. The van der Waals surface area contributed by atoms with Gasteiger partial charge in [0, 0.05) is 24.3 Å². The molecule has 0 amide bonds. The van der Waals surface area contributed by atoms with E-state index < -0.39 is 11.9 Å². The Labute approximate surface area is 178 Å². The number of alkyl halides is 3. The van der Waals surface area contributed by atoms with Crippen LogP contribution < -0.4 is 5.32 Å². The Morgan fingerprint density at radius 2 is 1.87 bits per heavy atom. The summed E-state index contributed by atoms with van der Waals surface area (Å²) < 4.78 is 40.8. The Morgan fingerprint density at radius 3 is 2.53 bits per heavy atom. The van der Waals surface area contributed by atoms with Crippen LogP contribution in [0.1, 0.15) is 31.1 Å². The Hall–Kier alpha value is -2.72. The summed E-state index contributed by atoms with van der Waals surface area (Å²) in [4.78, 5) is 17.0. The lowest BCUT2D eigenvalue weighted by Gasteiger charge is -2.12. The number of thiazole rings is 1. The Balaban J connectivity index is 1.56. The SMILES string of the molecule is CC(C)n1cc(C(F)(F)F)nc1-c1ccc(CNc2nc(Cl)nc3scnc23)cc1. The fourth-order valence-electron chi connectivity index (χ4n) is 2.95. The smallest absolute Gasteiger partial charge is 0.364 e. The largest absolute Gasteiger partial charge is 0.434 e. The number of hydrogen-bond acceptors (Lipinski definition) is 6. The molecular weight excluding hydrogens is 437 g/mol. The summed E-state index contributed by atoms with van der Waals surface area (Å²) in [5.41, 5.74) is 2.93. The summed E-state index contributed by atoms with van der Waals surface area (Å²) in [6.07, 6.45) is -3.44. The molecule has 0 aliphatic rings. The number of nitrogens with zero attached hydrogens (tertiary/aromatic N) is 5. The summed E-state index contributed by atoms with van der Waals surface area (Å²) in [5.74, 6) is 0.809. The highest BCUT2D eigenvalue weighted by Gasteiger charge is 2.35. The van der Waals surface area contributed by atoms with E-state index in [0.717, 1.165) is 11.8 Å². The van der Waals surface area contributed by atoms with Gasteiger partial charge in [-0.3, -0.25) is 0 Å². The Morgan fingerprint density at radius 1 is 1.13 bits per heavy atom. The third-order valence-corrected chi connectivity index (χ3v) is 5.31. The molecule has 1 aromatic carbocycles. The molecule has 0 aliphatic heterocycles. The van der Waals surface area contributed by atoms with Crippen LogP contribution in [0, 0.1) is 0 Å². The lowest BCUT2D eigenvalue weighted by molar-refractivity contribution is -0.140. The predicted octanol–water partition coefficient (Wildman–Crippen LogP) is 5.82. The first-order chi connectivity index (χ1) is 14.2. The second-order valence-electron chi connectivity index (χ2n) is 6.85. The second-order valence-corrected chi connectivity index (χ2v) is 8.02. The van der Waals surface area contributed by atoms with E-state index in [1.165, 1.54) is 15.9 Å². The molecule has 0 radical (unpaired) electrons. The molecule has 1 N–H and O–H groups in total. The van der Waals surface area contributed by atoms with E-state index >= 15 is 0 Å². The quantitative estimate of drug-likeness (QED) is 0.387. The number of nitrogens with one attached hydrogen (secondary N) is 1. The molecular formula is C19H16ClF3N6S. The molecule has 4 rings (SSSR count). The van der Waals surface area contributed by atoms with Crippen LogP contribution in [0.15, 0.2) is 36.0 Å². The first-order valence-electron chi connectivity index (χ1n) is 8.98. The van der Waals surface area contributed by atoms with Crippen molar-refractivity contribution in [2.24, 2.45) is 0 Å². The number of hydrogen-bond donors (Lipinski definition) is 1. The van der Waals surface area contributed by atoms with E-state index in [2.05, 4.69) is 25.3 Å². The van der Waals surface area contributed by atoms with Crippen LogP contribution in [0.4, 0.5) is 19.0 Å². The maximum atomic E-state index is 13.1. The molecule has 0 fully saturated rings. The third kappa shape index (κ3) is 4.10. The van der Waals surface area contributed by atoms with Crippen molar-refractivity contribution in [3.8, 4) is 11.4 Å². The van der Waals surface area contributed by atoms with Crippen LogP contribution in [0.3, 0.4) is 0 Å². The van der Waals surface area contributed by atoms with Crippen LogP contribution in [0.25, 0.3) is 21.7 Å². The summed E-state index contributed by atoms with van der Waals surface area (Å²) >= 11 is 7.32. The van der Waals surface area contributed by atoms with Crippen molar-refractivity contribution >= 4 is 39.1 Å². The standard InChI is InChI=1S/C19H16ClF3N6S/c1-10(2)29-8-13(19(21,22)23)26-16(29)12-5-3-11(4-6-12)7-24-15-14-17(30-9-25-14)28-18(20)27-15/h3-6,8-10H,7H2,1-2H3,(H,24,27,28). The van der Waals surface area contributed by atoms with Crippen molar-refractivity contribution in [1.29, 1.82) is 0 Å². The third-order valence-electron chi connectivity index (χ3n) is 4.42. The normalized spacial score (nSPS) is 12.1. The van der Waals surface area contributed by atoms with E-state index in [0.29, 0.717) is 28.3 Å². The number of imidazole rings is 1. The average Bonchev–Trinajstić information content (AvgIpc) is 3.33. The molecule has 0 unspecified atom stereocenters. The van der Waals surface area contributed by atoms with Crippen LogP contribution in [0.5, 0.6) is 0 Å². The fraction of sp³-hybridized carbons (Fsp3) is 0.263. The second kappa shape index (κ2) is 7.84. The van der Waals surface area contributed by atoms with Gasteiger partial charge in [0.2, 0.25) is 5.28 Å². The van der Waals surface area contributed by atoms with Gasteiger partial charge in [-0.1, -0.05) is 24.3 Å². The Bertz CT molecular complexity index is 1180. The van der Waals surface area contributed by atoms with Gasteiger partial charge in [-0.25, -0.2) is 15.0 Å². The minimum Gasteiger partial charge on any atom is -0.364 e. The van der Waals surface area contributed by atoms with E-state index in [4.69, 9.17) is 11.6 Å². The van der Waals surface area contributed by atoms with Gasteiger partial charge in [-0.2, -0.15) is 18.2 Å². The first kappa shape index (κ1) is 20.5. The van der Waals surface area contributed by atoms with Crippen molar-refractivity contribution in [2.45, 2.75) is 32.6 Å². The highest BCUT2D eigenvalue weighted by Crippen LogP contribution is 2.32. The van der Waals surface area contributed by atoms with Crippen LogP contribution >= 0.6 is 22.9 Å². The fourth-order valence-corrected chi connectivity index (χ4v) is 3.83. The Kier molecular flexibility index (Phi) is 5.37. The molecule has 3 aromatic heterocycles. The van der Waals surface area contributed by atoms with Gasteiger partial charge in [0.05, 0.1) is 5.51 Å². The molecule has 11 heteroatoms. The molecule has 6 nitrogen and oxygen atoms in total. The zero-order valence-corrected chi connectivity index (χ0v) is 17.5. The van der Waals surface area contributed by atoms with Crippen molar-refractivity contribution < 1.29 is 13.2 Å².